The zero-order valence-electron chi connectivity index (χ0n) is 19.7. The number of hydrogen-bond donors (Lipinski definition) is 3. The van der Waals surface area contributed by atoms with Crippen molar-refractivity contribution < 1.29 is 31.1 Å². The third kappa shape index (κ3) is 4.33. The number of alkyl halides is 6. The van der Waals surface area contributed by atoms with Crippen LogP contribution < -0.4 is 10.9 Å². The van der Waals surface area contributed by atoms with Gasteiger partial charge in [-0.1, -0.05) is 43.2 Å². The molecule has 0 radical (unpaired) electrons. The minimum absolute atomic E-state index is 0.138. The number of nitrogens with zero attached hydrogens (tertiary/aromatic N) is 3. The fourth-order valence-electron chi connectivity index (χ4n) is 4.97. The van der Waals surface area contributed by atoms with Gasteiger partial charge >= 0.3 is 12.4 Å². The Balaban J connectivity index is 1.62. The van der Waals surface area contributed by atoms with Gasteiger partial charge in [-0.3, -0.25) is 19.8 Å². The van der Waals surface area contributed by atoms with Crippen molar-refractivity contribution in [2.24, 2.45) is 0 Å². The van der Waals surface area contributed by atoms with Crippen molar-refractivity contribution in [1.82, 2.24) is 24.8 Å². The highest BCUT2D eigenvalue weighted by Gasteiger charge is 2.41. The van der Waals surface area contributed by atoms with Crippen LogP contribution in [0.25, 0.3) is 16.8 Å². The summed E-state index contributed by atoms with van der Waals surface area (Å²) in [6.07, 6.45) is -7.30. The lowest BCUT2D eigenvalue weighted by Gasteiger charge is -2.14. The monoisotopic (exact) mass is 538 g/mol. The van der Waals surface area contributed by atoms with Gasteiger partial charge in [-0.25, -0.2) is 4.98 Å². The van der Waals surface area contributed by atoms with Crippen molar-refractivity contribution in [2.45, 2.75) is 50.9 Å². The van der Waals surface area contributed by atoms with E-state index in [-0.39, 0.29) is 33.8 Å². The number of hydrogen-bond acceptors (Lipinski definition) is 4. The Kier molecular flexibility index (Phi) is 6.07. The molecule has 1 aliphatic rings. The molecule has 0 atom stereocenters. The first-order valence-electron chi connectivity index (χ1n) is 11.6. The van der Waals surface area contributed by atoms with Crippen molar-refractivity contribution in [3.8, 4) is 11.1 Å². The van der Waals surface area contributed by atoms with Crippen molar-refractivity contribution in [3.63, 3.8) is 0 Å². The molecule has 200 valence electrons. The summed E-state index contributed by atoms with van der Waals surface area (Å²) in [6, 6.07) is 7.49. The number of nitrogens with one attached hydrogen (secondary N) is 3. The number of rotatable bonds is 4. The van der Waals surface area contributed by atoms with Crippen LogP contribution in [0.2, 0.25) is 0 Å². The predicted molar refractivity (Wildman–Crippen MR) is 124 cm³/mol. The second-order valence-corrected chi connectivity index (χ2v) is 9.06. The molecule has 0 bridgehead atoms. The number of anilines is 1. The van der Waals surface area contributed by atoms with Crippen LogP contribution >= 0.6 is 0 Å². The molecule has 0 spiro atoms. The number of carbonyl (C=O) groups is 1. The molecular weight excluding hydrogens is 518 g/mol. The van der Waals surface area contributed by atoms with Gasteiger partial charge in [0.05, 0.1) is 11.3 Å². The molecule has 1 fully saturated rings. The molecule has 0 saturated heterocycles. The van der Waals surface area contributed by atoms with E-state index in [1.54, 1.807) is 6.07 Å². The summed E-state index contributed by atoms with van der Waals surface area (Å²) in [5.74, 6) is -2.03. The summed E-state index contributed by atoms with van der Waals surface area (Å²) in [5.41, 5.74) is -5.11. The number of aromatic amines is 2. The van der Waals surface area contributed by atoms with Crippen LogP contribution in [-0.4, -0.2) is 30.7 Å². The number of fused-ring (bicyclic) bond motifs is 1. The van der Waals surface area contributed by atoms with E-state index in [4.69, 9.17) is 0 Å². The minimum Gasteiger partial charge on any atom is -0.305 e. The molecule has 0 unspecified atom stereocenters. The molecule has 4 aromatic rings. The minimum atomic E-state index is -4.89. The van der Waals surface area contributed by atoms with Gasteiger partial charge in [0.15, 0.2) is 11.5 Å². The highest BCUT2D eigenvalue weighted by molar-refractivity contribution is 6.05. The number of benzene rings is 1. The standard InChI is InChI=1S/C24H20F6N6O2/c1-11-14(21(37)32-19-15(12-9-5-6-10-12)17(33-34-19)23(25,26)27)22(38)36-20(31-11)16(13-7-3-2-4-8-13)18(35-36)24(28,29)30/h2-4,7-8,12,35H,5-6,9-10H2,1H3,(H2,32,33,34,37). The molecule has 14 heteroatoms. The van der Waals surface area contributed by atoms with Crippen LogP contribution in [0.15, 0.2) is 35.1 Å². The second-order valence-electron chi connectivity index (χ2n) is 9.06. The smallest absolute Gasteiger partial charge is 0.305 e. The van der Waals surface area contributed by atoms with Gasteiger partial charge in [-0.15, -0.1) is 0 Å². The quantitative estimate of drug-likeness (QED) is 0.291. The van der Waals surface area contributed by atoms with E-state index in [9.17, 15) is 35.9 Å². The first-order valence-corrected chi connectivity index (χ1v) is 11.6. The molecule has 1 saturated carbocycles. The van der Waals surface area contributed by atoms with E-state index in [0.717, 1.165) is 0 Å². The van der Waals surface area contributed by atoms with Crippen LogP contribution in [-0.2, 0) is 12.4 Å². The average Bonchev–Trinajstić information content (AvgIpc) is 3.57. The Morgan fingerprint density at radius 3 is 2.26 bits per heavy atom. The van der Waals surface area contributed by atoms with Crippen LogP contribution in [0.5, 0.6) is 0 Å². The van der Waals surface area contributed by atoms with E-state index in [1.807, 2.05) is 10.2 Å². The highest BCUT2D eigenvalue weighted by atomic mass is 19.4. The SMILES string of the molecule is Cc1nc2c(-c3ccccc3)c(C(F)(F)F)[nH]n2c(=O)c1C(=O)Nc1n[nH]c(C(F)(F)F)c1C1CCCC1. The highest BCUT2D eigenvalue weighted by Crippen LogP contribution is 2.44. The summed E-state index contributed by atoms with van der Waals surface area (Å²) >= 11 is 0. The molecule has 1 aliphatic carbocycles. The van der Waals surface area contributed by atoms with Gasteiger partial charge < -0.3 is 5.32 Å². The third-order valence-electron chi connectivity index (χ3n) is 6.62. The molecule has 38 heavy (non-hydrogen) atoms. The van der Waals surface area contributed by atoms with E-state index < -0.39 is 46.7 Å². The van der Waals surface area contributed by atoms with E-state index >= 15 is 0 Å². The van der Waals surface area contributed by atoms with Crippen LogP contribution in [0.3, 0.4) is 0 Å². The zero-order chi connectivity index (χ0) is 27.4. The Bertz CT molecular complexity index is 1580. The lowest BCUT2D eigenvalue weighted by molar-refractivity contribution is -0.142. The first kappa shape index (κ1) is 25.5. The van der Waals surface area contributed by atoms with Crippen LogP contribution in [0.4, 0.5) is 32.2 Å². The Morgan fingerprint density at radius 2 is 1.66 bits per heavy atom. The number of amides is 1. The summed E-state index contributed by atoms with van der Waals surface area (Å²) < 4.78 is 83.0. The Labute approximate surface area is 210 Å². The van der Waals surface area contributed by atoms with Gasteiger partial charge in [0, 0.05) is 5.56 Å². The summed E-state index contributed by atoms with van der Waals surface area (Å²) in [5, 5.41) is 9.83. The number of H-pyrrole nitrogens is 2. The summed E-state index contributed by atoms with van der Waals surface area (Å²) in [6.45, 7) is 1.26. The van der Waals surface area contributed by atoms with E-state index in [1.165, 1.54) is 31.2 Å². The van der Waals surface area contributed by atoms with Gasteiger partial charge in [0.25, 0.3) is 11.5 Å². The molecule has 8 nitrogen and oxygen atoms in total. The maximum atomic E-state index is 13.9. The molecule has 1 aromatic carbocycles. The van der Waals surface area contributed by atoms with Crippen molar-refractivity contribution in [3.05, 3.63) is 68.9 Å². The molecule has 3 heterocycles. The van der Waals surface area contributed by atoms with Gasteiger partial charge in [0.1, 0.15) is 17.0 Å². The second kappa shape index (κ2) is 9.03. The van der Waals surface area contributed by atoms with E-state index in [0.29, 0.717) is 30.2 Å². The van der Waals surface area contributed by atoms with Gasteiger partial charge in [-0.05, 0) is 31.2 Å². The predicted octanol–water partition coefficient (Wildman–Crippen LogP) is 5.67. The Morgan fingerprint density at radius 1 is 1.03 bits per heavy atom. The van der Waals surface area contributed by atoms with Crippen LogP contribution in [0.1, 0.15) is 64.6 Å². The zero-order valence-corrected chi connectivity index (χ0v) is 19.7. The van der Waals surface area contributed by atoms with Crippen molar-refractivity contribution in [2.75, 3.05) is 5.32 Å². The Hall–Kier alpha value is -4.10. The fraction of sp³-hybridized carbons (Fsp3) is 0.333. The van der Waals surface area contributed by atoms with Crippen LogP contribution in [0, 0.1) is 6.92 Å². The molecular formula is C24H20F6N6O2. The molecule has 3 N–H and O–H groups in total. The lowest BCUT2D eigenvalue weighted by Crippen LogP contribution is -2.29. The van der Waals surface area contributed by atoms with Crippen molar-refractivity contribution >= 4 is 17.4 Å². The number of carbonyl (C=O) groups excluding carboxylic acids is 1. The number of aromatic nitrogens is 5. The number of halogens is 6. The first-order chi connectivity index (χ1) is 17.9. The third-order valence-corrected chi connectivity index (χ3v) is 6.62. The van der Waals surface area contributed by atoms with E-state index in [2.05, 4.69) is 15.4 Å². The van der Waals surface area contributed by atoms with Gasteiger partial charge in [-0.2, -0.15) is 36.0 Å². The molecule has 1 amide bonds. The fourth-order valence-corrected chi connectivity index (χ4v) is 4.97. The molecule has 0 aliphatic heterocycles. The average molecular weight is 538 g/mol. The summed E-state index contributed by atoms with van der Waals surface area (Å²) in [4.78, 5) is 30.5. The lowest BCUT2D eigenvalue weighted by atomic mass is 9.96. The number of aryl methyl sites for hydroxylation is 1. The topological polar surface area (TPSA) is 108 Å². The molecule has 5 rings (SSSR count). The molecule has 3 aromatic heterocycles. The van der Waals surface area contributed by atoms with Crippen molar-refractivity contribution in [1.29, 1.82) is 0 Å². The largest absolute Gasteiger partial charge is 0.433 e. The van der Waals surface area contributed by atoms with Gasteiger partial charge in [0.2, 0.25) is 0 Å². The maximum absolute atomic E-state index is 13.9. The summed E-state index contributed by atoms with van der Waals surface area (Å²) in [7, 11) is 0. The normalized spacial score (nSPS) is 14.9. The maximum Gasteiger partial charge on any atom is 0.433 e.